The first-order valence-corrected chi connectivity index (χ1v) is 11.7. The fourth-order valence-corrected chi connectivity index (χ4v) is 3.42. The van der Waals surface area contributed by atoms with E-state index in [-0.39, 0.29) is 34.0 Å². The van der Waals surface area contributed by atoms with Gasteiger partial charge < -0.3 is 34.0 Å². The molecular weight excluding hydrogens is 504 g/mol. The molecule has 0 saturated carbocycles. The third-order valence-corrected chi connectivity index (χ3v) is 5.19. The van der Waals surface area contributed by atoms with Crippen molar-refractivity contribution >= 4 is 0 Å². The highest BCUT2D eigenvalue weighted by atomic mass is 79.9. The van der Waals surface area contributed by atoms with E-state index < -0.39 is 0 Å². The monoisotopic (exact) mass is 548 g/mol. The number of aromatic nitrogens is 4. The van der Waals surface area contributed by atoms with Gasteiger partial charge in [0.2, 0.25) is 12.7 Å². The third-order valence-electron chi connectivity index (χ3n) is 5.19. The van der Waals surface area contributed by atoms with Crippen LogP contribution >= 0.6 is 0 Å². The zero-order valence-electron chi connectivity index (χ0n) is 19.9. The maximum Gasteiger partial charge on any atom is 0.243 e. The van der Waals surface area contributed by atoms with E-state index in [2.05, 4.69) is 83.7 Å². The number of unbranched alkanes of at least 4 members (excludes halogenated alkanes) is 10. The fraction of sp³-hybridized carbons (Fsp3) is 0.750. The summed E-state index contributed by atoms with van der Waals surface area (Å²) >= 11 is 0. The van der Waals surface area contributed by atoms with Crippen LogP contribution in [0.25, 0.3) is 0 Å². The summed E-state index contributed by atoms with van der Waals surface area (Å²) < 4.78 is 8.72. The number of hydrogen-bond donors (Lipinski definition) is 0. The Morgan fingerprint density at radius 2 is 0.867 bits per heavy atom. The Hall–Kier alpha value is -0.620. The third kappa shape index (κ3) is 17.1. The van der Waals surface area contributed by atoms with E-state index in [0.29, 0.717) is 0 Å². The second-order valence-corrected chi connectivity index (χ2v) is 8.17. The van der Waals surface area contributed by atoms with Crippen LogP contribution in [0.15, 0.2) is 37.4 Å². The molecule has 176 valence electrons. The zero-order chi connectivity index (χ0) is 20.5. The lowest BCUT2D eigenvalue weighted by Crippen LogP contribution is -3.00. The van der Waals surface area contributed by atoms with Gasteiger partial charge in [-0.1, -0.05) is 65.2 Å². The molecule has 0 saturated heterocycles. The summed E-state index contributed by atoms with van der Waals surface area (Å²) in [7, 11) is 4.13. The number of halogens is 2. The van der Waals surface area contributed by atoms with Gasteiger partial charge >= 0.3 is 0 Å². The van der Waals surface area contributed by atoms with Crippen LogP contribution < -0.4 is 43.1 Å². The van der Waals surface area contributed by atoms with Gasteiger partial charge in [-0.25, -0.2) is 18.3 Å². The molecule has 0 aromatic carbocycles. The van der Waals surface area contributed by atoms with Crippen LogP contribution in [0.2, 0.25) is 0 Å². The molecule has 0 fully saturated rings. The minimum absolute atomic E-state index is 0. The first-order valence-electron chi connectivity index (χ1n) is 11.7. The van der Waals surface area contributed by atoms with Crippen LogP contribution in [0.1, 0.15) is 90.9 Å². The highest BCUT2D eigenvalue weighted by molar-refractivity contribution is 4.66. The normalized spacial score (nSPS) is 10.0. The summed E-state index contributed by atoms with van der Waals surface area (Å²) in [6, 6.07) is 0. The lowest BCUT2D eigenvalue weighted by atomic mass is 10.1. The minimum Gasteiger partial charge on any atom is -1.00 e. The Labute approximate surface area is 207 Å². The molecule has 0 bridgehead atoms. The second-order valence-electron chi connectivity index (χ2n) is 8.17. The highest BCUT2D eigenvalue weighted by Crippen LogP contribution is 2.06. The predicted molar refractivity (Wildman–Crippen MR) is 118 cm³/mol. The summed E-state index contributed by atoms with van der Waals surface area (Å²) in [5.41, 5.74) is 0. The molecule has 0 amide bonds. The van der Waals surface area contributed by atoms with Gasteiger partial charge in [0, 0.05) is 0 Å². The van der Waals surface area contributed by atoms with Crippen LogP contribution in [0.5, 0.6) is 0 Å². The zero-order valence-corrected chi connectivity index (χ0v) is 23.1. The lowest BCUT2D eigenvalue weighted by molar-refractivity contribution is -0.671. The molecule has 0 aliphatic rings. The Balaban J connectivity index is 0. The van der Waals surface area contributed by atoms with Gasteiger partial charge in [-0.2, -0.15) is 0 Å². The van der Waals surface area contributed by atoms with Gasteiger partial charge in [0.05, 0.1) is 27.2 Å². The van der Waals surface area contributed by atoms with E-state index >= 15 is 0 Å². The SMILES string of the molecule is CCCCCCCCn1cc[n+](C)c1.CCCCCCCCn1cc[n+](C)c1.[Br-].[Br-]. The van der Waals surface area contributed by atoms with Crippen molar-refractivity contribution in [3.8, 4) is 0 Å². The van der Waals surface area contributed by atoms with Crippen molar-refractivity contribution in [1.29, 1.82) is 0 Å². The van der Waals surface area contributed by atoms with Crippen molar-refractivity contribution < 1.29 is 43.1 Å². The van der Waals surface area contributed by atoms with Gasteiger partial charge in [0.1, 0.15) is 24.8 Å². The molecule has 0 aliphatic carbocycles. The van der Waals surface area contributed by atoms with Crippen molar-refractivity contribution in [2.75, 3.05) is 0 Å². The molecule has 0 aliphatic heterocycles. The van der Waals surface area contributed by atoms with Crippen molar-refractivity contribution in [2.45, 2.75) is 104 Å². The average Bonchev–Trinajstić information content (AvgIpc) is 3.29. The van der Waals surface area contributed by atoms with Crippen LogP contribution in [0, 0.1) is 0 Å². The van der Waals surface area contributed by atoms with E-state index in [0.717, 1.165) is 0 Å². The first kappa shape index (κ1) is 31.6. The molecule has 0 N–H and O–H groups in total. The molecule has 6 heteroatoms. The second kappa shape index (κ2) is 21.6. The number of nitrogens with zero attached hydrogens (tertiary/aromatic N) is 4. The molecule has 2 aromatic rings. The fourth-order valence-electron chi connectivity index (χ4n) is 3.42. The first-order chi connectivity index (χ1) is 13.7. The maximum atomic E-state index is 2.26. The van der Waals surface area contributed by atoms with Crippen LogP contribution in [0.4, 0.5) is 0 Å². The van der Waals surface area contributed by atoms with Gasteiger partial charge in [0.15, 0.2) is 0 Å². The number of aryl methyl sites for hydroxylation is 4. The highest BCUT2D eigenvalue weighted by Gasteiger charge is 1.99. The van der Waals surface area contributed by atoms with E-state index in [9.17, 15) is 0 Å². The van der Waals surface area contributed by atoms with Crippen molar-refractivity contribution in [3.63, 3.8) is 0 Å². The molecule has 4 nitrogen and oxygen atoms in total. The molecule has 30 heavy (non-hydrogen) atoms. The van der Waals surface area contributed by atoms with Gasteiger partial charge in [-0.15, -0.1) is 0 Å². The van der Waals surface area contributed by atoms with Crippen LogP contribution in [0.3, 0.4) is 0 Å². The summed E-state index contributed by atoms with van der Waals surface area (Å²) in [6.45, 7) is 6.87. The molecule has 0 atom stereocenters. The predicted octanol–water partition coefficient (Wildman–Crippen LogP) is -0.646. The van der Waals surface area contributed by atoms with Crippen LogP contribution in [-0.4, -0.2) is 9.13 Å². The number of hydrogen-bond acceptors (Lipinski definition) is 0. The molecule has 2 aromatic heterocycles. The summed E-state index contributed by atoms with van der Waals surface area (Å²) in [5, 5.41) is 0. The topological polar surface area (TPSA) is 17.6 Å². The molecule has 0 radical (unpaired) electrons. The Kier molecular flexibility index (Phi) is 22.7. The van der Waals surface area contributed by atoms with E-state index in [1.54, 1.807) is 0 Å². The van der Waals surface area contributed by atoms with Crippen molar-refractivity contribution in [3.05, 3.63) is 37.4 Å². The molecule has 2 rings (SSSR count). The van der Waals surface area contributed by atoms with Crippen LogP contribution in [-0.2, 0) is 27.2 Å². The van der Waals surface area contributed by atoms with Gasteiger partial charge in [0.25, 0.3) is 0 Å². The number of rotatable bonds is 14. The standard InChI is InChI=1S/2C12H23N2.2BrH/c2*1-3-4-5-6-7-8-9-14-11-10-13(2)12-14;;/h2*10-12H,3-9H2,1-2H3;2*1H/q2*+1;;/p-2. The average molecular weight is 550 g/mol. The Morgan fingerprint density at radius 1 is 0.533 bits per heavy atom. The van der Waals surface area contributed by atoms with Crippen molar-refractivity contribution in [1.82, 2.24) is 9.13 Å². The summed E-state index contributed by atoms with van der Waals surface area (Å²) in [5.74, 6) is 0. The molecule has 0 spiro atoms. The van der Waals surface area contributed by atoms with E-state index in [4.69, 9.17) is 0 Å². The largest absolute Gasteiger partial charge is 1.00 e. The van der Waals surface area contributed by atoms with E-state index in [1.807, 2.05) is 0 Å². The quantitative estimate of drug-likeness (QED) is 0.220. The maximum absolute atomic E-state index is 2.26. The lowest BCUT2D eigenvalue weighted by Gasteiger charge is -1.98. The van der Waals surface area contributed by atoms with Gasteiger partial charge in [-0.05, 0) is 25.7 Å². The summed E-state index contributed by atoms with van der Waals surface area (Å²) in [6.07, 6.45) is 29.3. The van der Waals surface area contributed by atoms with E-state index in [1.165, 1.54) is 90.1 Å². The smallest absolute Gasteiger partial charge is 0.243 e. The summed E-state index contributed by atoms with van der Waals surface area (Å²) in [4.78, 5) is 0. The van der Waals surface area contributed by atoms with Gasteiger partial charge in [-0.3, -0.25) is 0 Å². The Morgan fingerprint density at radius 3 is 1.17 bits per heavy atom. The van der Waals surface area contributed by atoms with Crippen molar-refractivity contribution in [2.24, 2.45) is 14.1 Å². The minimum atomic E-state index is 0. The Bertz CT molecular complexity index is 543. The molecule has 0 unspecified atom stereocenters. The molecular formula is C24H46Br2N4. The number of imidazole rings is 2. The molecule has 2 heterocycles.